The molecule has 0 unspecified atom stereocenters. The molecule has 0 amide bonds. The first kappa shape index (κ1) is 11.4. The standard InChI is InChI=1S/C11H18N2S/c1-3-7-14-8-5-12-9-11-4-6-13(2)10-11/h3-4,6,10,12H,1,5,7-9H2,2H3. The molecule has 0 saturated carbocycles. The average Bonchev–Trinajstić information content (AvgIpc) is 2.58. The van der Waals surface area contributed by atoms with E-state index >= 15 is 0 Å². The lowest BCUT2D eigenvalue weighted by atomic mass is 10.3. The lowest BCUT2D eigenvalue weighted by Crippen LogP contribution is -2.16. The van der Waals surface area contributed by atoms with Gasteiger partial charge in [0.25, 0.3) is 0 Å². The summed E-state index contributed by atoms with van der Waals surface area (Å²) in [5.74, 6) is 2.20. The Bertz CT molecular complexity index is 268. The van der Waals surface area contributed by atoms with E-state index < -0.39 is 0 Å². The van der Waals surface area contributed by atoms with Crippen LogP contribution in [-0.4, -0.2) is 22.6 Å². The molecule has 1 aromatic rings. The van der Waals surface area contributed by atoms with E-state index in [-0.39, 0.29) is 0 Å². The molecule has 0 aromatic carbocycles. The van der Waals surface area contributed by atoms with Crippen LogP contribution in [-0.2, 0) is 13.6 Å². The van der Waals surface area contributed by atoms with Crippen molar-refractivity contribution < 1.29 is 0 Å². The molecule has 3 heteroatoms. The van der Waals surface area contributed by atoms with Crippen LogP contribution in [0.2, 0.25) is 0 Å². The van der Waals surface area contributed by atoms with Gasteiger partial charge in [-0.1, -0.05) is 6.08 Å². The van der Waals surface area contributed by atoms with E-state index in [4.69, 9.17) is 0 Å². The molecule has 1 heterocycles. The van der Waals surface area contributed by atoms with E-state index in [1.54, 1.807) is 0 Å². The summed E-state index contributed by atoms with van der Waals surface area (Å²) in [7, 11) is 2.05. The lowest BCUT2D eigenvalue weighted by Gasteiger charge is -2.01. The van der Waals surface area contributed by atoms with Gasteiger partial charge in [0.1, 0.15) is 0 Å². The summed E-state index contributed by atoms with van der Waals surface area (Å²) in [6.45, 7) is 5.72. The highest BCUT2D eigenvalue weighted by Gasteiger charge is 1.93. The monoisotopic (exact) mass is 210 g/mol. The molecule has 1 rings (SSSR count). The second kappa shape index (κ2) is 6.74. The van der Waals surface area contributed by atoms with Crippen molar-refractivity contribution in [2.24, 2.45) is 7.05 Å². The molecule has 0 fully saturated rings. The minimum absolute atomic E-state index is 0.968. The van der Waals surface area contributed by atoms with E-state index in [9.17, 15) is 0 Å². The molecule has 0 atom stereocenters. The predicted molar refractivity (Wildman–Crippen MR) is 64.6 cm³/mol. The molecule has 1 aromatic heterocycles. The summed E-state index contributed by atoms with van der Waals surface area (Å²) in [5.41, 5.74) is 1.35. The van der Waals surface area contributed by atoms with Crippen molar-refractivity contribution in [1.82, 2.24) is 9.88 Å². The maximum absolute atomic E-state index is 3.68. The van der Waals surface area contributed by atoms with Crippen LogP contribution in [0.25, 0.3) is 0 Å². The van der Waals surface area contributed by atoms with Crippen molar-refractivity contribution in [3.8, 4) is 0 Å². The molecule has 0 spiro atoms. The number of hydrogen-bond acceptors (Lipinski definition) is 2. The molecule has 14 heavy (non-hydrogen) atoms. The summed E-state index contributed by atoms with van der Waals surface area (Å²) in [4.78, 5) is 0. The van der Waals surface area contributed by atoms with Gasteiger partial charge in [-0.25, -0.2) is 0 Å². The molecule has 0 aliphatic carbocycles. The fourth-order valence-electron chi connectivity index (χ4n) is 1.21. The first-order valence-corrected chi connectivity index (χ1v) is 5.98. The first-order chi connectivity index (χ1) is 6.83. The molecule has 0 aliphatic heterocycles. The van der Waals surface area contributed by atoms with Gasteiger partial charge in [0, 0.05) is 44.0 Å². The van der Waals surface area contributed by atoms with Crippen LogP contribution in [0.1, 0.15) is 5.56 Å². The lowest BCUT2D eigenvalue weighted by molar-refractivity contribution is 0.730. The third kappa shape index (κ3) is 4.53. The van der Waals surface area contributed by atoms with Gasteiger partial charge in [-0.15, -0.1) is 6.58 Å². The van der Waals surface area contributed by atoms with Crippen LogP contribution in [0.15, 0.2) is 31.1 Å². The van der Waals surface area contributed by atoms with Gasteiger partial charge in [-0.2, -0.15) is 11.8 Å². The Morgan fingerprint density at radius 3 is 3.14 bits per heavy atom. The Morgan fingerprint density at radius 1 is 1.64 bits per heavy atom. The van der Waals surface area contributed by atoms with E-state index in [1.807, 2.05) is 24.9 Å². The summed E-state index contributed by atoms with van der Waals surface area (Å²) in [6, 6.07) is 2.14. The van der Waals surface area contributed by atoms with E-state index in [1.165, 1.54) is 5.56 Å². The number of nitrogens with one attached hydrogen (secondary N) is 1. The quantitative estimate of drug-likeness (QED) is 0.548. The summed E-state index contributed by atoms with van der Waals surface area (Å²) in [6.07, 6.45) is 6.16. The smallest absolute Gasteiger partial charge is 0.0220 e. The maximum atomic E-state index is 3.68. The van der Waals surface area contributed by atoms with E-state index in [2.05, 4.69) is 34.9 Å². The molecule has 0 aliphatic rings. The summed E-state index contributed by atoms with van der Waals surface area (Å²) < 4.78 is 2.07. The van der Waals surface area contributed by atoms with Crippen molar-refractivity contribution in [1.29, 1.82) is 0 Å². The Kier molecular flexibility index (Phi) is 5.49. The number of rotatable bonds is 7. The Morgan fingerprint density at radius 2 is 2.50 bits per heavy atom. The zero-order valence-electron chi connectivity index (χ0n) is 8.70. The first-order valence-electron chi connectivity index (χ1n) is 4.83. The van der Waals surface area contributed by atoms with Crippen LogP contribution >= 0.6 is 11.8 Å². The SMILES string of the molecule is C=CCSCCNCc1ccn(C)c1. The van der Waals surface area contributed by atoms with Gasteiger partial charge in [-0.3, -0.25) is 0 Å². The van der Waals surface area contributed by atoms with Crippen LogP contribution in [0, 0.1) is 0 Å². The second-order valence-corrected chi connectivity index (χ2v) is 4.38. The van der Waals surface area contributed by atoms with Crippen molar-refractivity contribution in [2.45, 2.75) is 6.54 Å². The number of thioether (sulfide) groups is 1. The van der Waals surface area contributed by atoms with E-state index in [0.717, 1.165) is 24.6 Å². The topological polar surface area (TPSA) is 17.0 Å². The number of nitrogens with zero attached hydrogens (tertiary/aromatic N) is 1. The fraction of sp³-hybridized carbons (Fsp3) is 0.455. The largest absolute Gasteiger partial charge is 0.357 e. The Labute approximate surface area is 90.4 Å². The molecule has 0 saturated heterocycles. The van der Waals surface area contributed by atoms with Gasteiger partial charge in [-0.05, 0) is 11.6 Å². The summed E-state index contributed by atoms with van der Waals surface area (Å²) >= 11 is 1.91. The molecule has 0 bridgehead atoms. The zero-order chi connectivity index (χ0) is 10.2. The Hall–Kier alpha value is -0.670. The van der Waals surface area contributed by atoms with Crippen LogP contribution in [0.4, 0.5) is 0 Å². The highest BCUT2D eigenvalue weighted by Crippen LogP contribution is 2.00. The molecular weight excluding hydrogens is 192 g/mol. The van der Waals surface area contributed by atoms with Gasteiger partial charge >= 0.3 is 0 Å². The minimum Gasteiger partial charge on any atom is -0.357 e. The van der Waals surface area contributed by atoms with Crippen LogP contribution in [0.3, 0.4) is 0 Å². The molecular formula is C11H18N2S. The molecule has 2 nitrogen and oxygen atoms in total. The zero-order valence-corrected chi connectivity index (χ0v) is 9.52. The number of hydrogen-bond donors (Lipinski definition) is 1. The second-order valence-electron chi connectivity index (χ2n) is 3.23. The van der Waals surface area contributed by atoms with Gasteiger partial charge in [0.05, 0.1) is 0 Å². The van der Waals surface area contributed by atoms with Gasteiger partial charge in [0.2, 0.25) is 0 Å². The normalized spacial score (nSPS) is 10.4. The minimum atomic E-state index is 0.968. The number of aryl methyl sites for hydroxylation is 1. The number of aromatic nitrogens is 1. The highest BCUT2D eigenvalue weighted by molar-refractivity contribution is 7.99. The van der Waals surface area contributed by atoms with Gasteiger partial charge in [0.15, 0.2) is 0 Å². The highest BCUT2D eigenvalue weighted by atomic mass is 32.2. The predicted octanol–water partition coefficient (Wildman–Crippen LogP) is 2.03. The van der Waals surface area contributed by atoms with E-state index in [0.29, 0.717) is 0 Å². The molecule has 1 N–H and O–H groups in total. The fourth-order valence-corrected chi connectivity index (χ4v) is 1.83. The van der Waals surface area contributed by atoms with Crippen molar-refractivity contribution >= 4 is 11.8 Å². The van der Waals surface area contributed by atoms with Crippen LogP contribution < -0.4 is 5.32 Å². The summed E-state index contributed by atoms with van der Waals surface area (Å²) in [5, 5.41) is 3.41. The third-order valence-electron chi connectivity index (χ3n) is 1.88. The van der Waals surface area contributed by atoms with Gasteiger partial charge < -0.3 is 9.88 Å². The third-order valence-corrected chi connectivity index (χ3v) is 2.85. The molecule has 78 valence electrons. The van der Waals surface area contributed by atoms with Crippen LogP contribution in [0.5, 0.6) is 0 Å². The average molecular weight is 210 g/mol. The van der Waals surface area contributed by atoms with Crippen molar-refractivity contribution in [3.63, 3.8) is 0 Å². The maximum Gasteiger partial charge on any atom is 0.0220 e. The van der Waals surface area contributed by atoms with Crippen molar-refractivity contribution in [2.75, 3.05) is 18.1 Å². The Balaban J connectivity index is 2.01. The van der Waals surface area contributed by atoms with Crippen molar-refractivity contribution in [3.05, 3.63) is 36.7 Å². The molecule has 0 radical (unpaired) electrons.